The van der Waals surface area contributed by atoms with Crippen LogP contribution in [-0.2, 0) is 4.74 Å². The summed E-state index contributed by atoms with van der Waals surface area (Å²) < 4.78 is 7.08. The highest BCUT2D eigenvalue weighted by molar-refractivity contribution is 5.24. The van der Waals surface area contributed by atoms with E-state index in [0.717, 1.165) is 25.7 Å². The average molecular weight is 444 g/mol. The van der Waals surface area contributed by atoms with Gasteiger partial charge in [0.05, 0.1) is 17.4 Å². The summed E-state index contributed by atoms with van der Waals surface area (Å²) in [5.41, 5.74) is 14.3. The lowest BCUT2D eigenvalue weighted by Crippen LogP contribution is -2.72. The molecule has 32 heavy (non-hydrogen) atoms. The maximum Gasteiger partial charge on any atom is 0.0934 e. The smallest absolute Gasteiger partial charge is 0.0934 e. The van der Waals surface area contributed by atoms with Crippen molar-refractivity contribution in [2.75, 3.05) is 6.61 Å². The van der Waals surface area contributed by atoms with Crippen LogP contribution in [0.2, 0.25) is 0 Å². The molecule has 6 rings (SSSR count). The molecule has 5 heteroatoms. The lowest BCUT2D eigenvalue weighted by atomic mass is 9.51. The summed E-state index contributed by atoms with van der Waals surface area (Å²) >= 11 is 0. The minimum Gasteiger partial charge on any atom is -0.396 e. The summed E-state index contributed by atoms with van der Waals surface area (Å²) in [6.45, 7) is 4.68. The highest BCUT2D eigenvalue weighted by Gasteiger charge is 2.64. The molecule has 3 saturated carbocycles. The van der Waals surface area contributed by atoms with E-state index in [0.29, 0.717) is 29.6 Å². The van der Waals surface area contributed by atoms with Gasteiger partial charge in [-0.15, -0.1) is 0 Å². The van der Waals surface area contributed by atoms with Crippen molar-refractivity contribution >= 4 is 0 Å². The predicted octanol–water partition coefficient (Wildman–Crippen LogP) is 4.11. The number of dihydropyridines is 1. The number of fused-ring (bicyclic) bond motifs is 3. The summed E-state index contributed by atoms with van der Waals surface area (Å²) in [4.78, 5) is 0. The van der Waals surface area contributed by atoms with E-state index in [1.807, 2.05) is 0 Å². The Kier molecular flexibility index (Phi) is 5.80. The Morgan fingerprint density at radius 3 is 2.62 bits per heavy atom. The van der Waals surface area contributed by atoms with Gasteiger partial charge in [-0.1, -0.05) is 18.9 Å². The molecule has 3 aliphatic carbocycles. The Labute approximate surface area is 194 Å². The molecule has 5 fully saturated rings. The SMILES string of the molecule is CC1(C)O[C@@]2([C@@H]3C[C@@H](CC4=CNC(N)C=C4)CC4(CCCC4)C3)CC[C@@H]1[C@](N)(CCO)C2. The van der Waals surface area contributed by atoms with Gasteiger partial charge < -0.3 is 26.6 Å². The molecule has 0 amide bonds. The Morgan fingerprint density at radius 1 is 1.19 bits per heavy atom. The Hall–Kier alpha value is -0.880. The minimum atomic E-state index is -0.306. The molecule has 3 aliphatic heterocycles. The molecular weight excluding hydrogens is 398 g/mol. The van der Waals surface area contributed by atoms with Crippen molar-refractivity contribution in [3.63, 3.8) is 0 Å². The normalized spacial score (nSPS) is 44.5. The molecule has 0 aromatic heterocycles. The molecule has 3 heterocycles. The Balaban J connectivity index is 1.42. The standard InChI is InChI=1S/C27H45N3O2/c1-24(2)22-7-10-27(32-24,18-26(22,29)11-12-31)21-14-20(13-19-5-6-23(28)30-17-19)15-25(16-21)8-3-4-9-25/h5-6,17,20-23,30-31H,3-4,7-16,18,28-29H2,1-2H3/t20-,21-,22+,23?,26+,27+/m1/s1. The summed E-state index contributed by atoms with van der Waals surface area (Å²) in [5, 5.41) is 13.1. The zero-order valence-electron chi connectivity index (χ0n) is 20.2. The number of allylic oxidation sites excluding steroid dienone is 2. The number of aliphatic hydroxyl groups excluding tert-OH is 1. The van der Waals surface area contributed by atoms with E-state index >= 15 is 0 Å². The van der Waals surface area contributed by atoms with Gasteiger partial charge in [0.15, 0.2) is 0 Å². The number of hydrogen-bond acceptors (Lipinski definition) is 5. The fourth-order valence-corrected chi connectivity index (χ4v) is 8.94. The monoisotopic (exact) mass is 443 g/mol. The van der Waals surface area contributed by atoms with Crippen molar-refractivity contribution in [1.29, 1.82) is 0 Å². The van der Waals surface area contributed by atoms with Crippen LogP contribution in [-0.4, -0.2) is 34.6 Å². The van der Waals surface area contributed by atoms with Gasteiger partial charge in [0, 0.05) is 24.3 Å². The molecule has 0 aromatic rings. The summed E-state index contributed by atoms with van der Waals surface area (Å²) in [6.07, 6.45) is 20.8. The van der Waals surface area contributed by atoms with Crippen LogP contribution in [0.1, 0.15) is 90.9 Å². The van der Waals surface area contributed by atoms with E-state index < -0.39 is 0 Å². The van der Waals surface area contributed by atoms with E-state index in [1.165, 1.54) is 50.5 Å². The zero-order chi connectivity index (χ0) is 22.6. The molecular formula is C27H45N3O2. The third-order valence-electron chi connectivity index (χ3n) is 9.99. The summed E-state index contributed by atoms with van der Waals surface area (Å²) in [6, 6.07) is 0. The van der Waals surface area contributed by atoms with Crippen LogP contribution in [0.15, 0.2) is 23.9 Å². The molecule has 180 valence electrons. The molecule has 0 radical (unpaired) electrons. The van der Waals surface area contributed by atoms with Crippen LogP contribution in [0.3, 0.4) is 0 Å². The van der Waals surface area contributed by atoms with Crippen molar-refractivity contribution < 1.29 is 9.84 Å². The first-order valence-electron chi connectivity index (χ1n) is 13.2. The largest absolute Gasteiger partial charge is 0.396 e. The maximum atomic E-state index is 9.84. The molecule has 2 saturated heterocycles. The predicted molar refractivity (Wildman–Crippen MR) is 129 cm³/mol. The van der Waals surface area contributed by atoms with Gasteiger partial charge in [0.25, 0.3) is 0 Å². The van der Waals surface area contributed by atoms with Crippen LogP contribution < -0.4 is 16.8 Å². The van der Waals surface area contributed by atoms with Crippen LogP contribution in [0.4, 0.5) is 0 Å². The van der Waals surface area contributed by atoms with E-state index in [4.69, 9.17) is 16.2 Å². The quantitative estimate of drug-likeness (QED) is 0.513. The summed E-state index contributed by atoms with van der Waals surface area (Å²) in [7, 11) is 0. The number of aliphatic hydroxyl groups is 1. The van der Waals surface area contributed by atoms with Crippen molar-refractivity contribution in [2.24, 2.45) is 34.6 Å². The van der Waals surface area contributed by atoms with Crippen LogP contribution >= 0.6 is 0 Å². The van der Waals surface area contributed by atoms with Crippen molar-refractivity contribution in [1.82, 2.24) is 5.32 Å². The van der Waals surface area contributed by atoms with E-state index in [-0.39, 0.29) is 29.5 Å². The number of nitrogens with one attached hydrogen (secondary N) is 1. The fourth-order valence-electron chi connectivity index (χ4n) is 8.94. The van der Waals surface area contributed by atoms with Crippen LogP contribution in [0, 0.1) is 23.2 Å². The lowest BCUT2D eigenvalue weighted by Gasteiger charge is -2.66. The fraction of sp³-hybridized carbons (Fsp3) is 0.852. The van der Waals surface area contributed by atoms with E-state index in [9.17, 15) is 5.11 Å². The number of nitrogens with two attached hydrogens (primary N) is 2. The molecule has 5 nitrogen and oxygen atoms in total. The van der Waals surface area contributed by atoms with Crippen molar-refractivity contribution in [3.8, 4) is 0 Å². The van der Waals surface area contributed by atoms with Crippen LogP contribution in [0.5, 0.6) is 0 Å². The molecule has 0 aromatic carbocycles. The number of ether oxygens (including phenoxy) is 1. The first-order chi connectivity index (χ1) is 15.2. The van der Waals surface area contributed by atoms with Gasteiger partial charge in [-0.05, 0) is 107 Å². The number of hydrogen-bond donors (Lipinski definition) is 4. The molecule has 6 aliphatic rings. The minimum absolute atomic E-state index is 0.0600. The number of rotatable bonds is 5. The van der Waals surface area contributed by atoms with Gasteiger partial charge >= 0.3 is 0 Å². The van der Waals surface area contributed by atoms with Crippen molar-refractivity contribution in [3.05, 3.63) is 23.9 Å². The first kappa shape index (κ1) is 22.9. The average Bonchev–Trinajstić information content (AvgIpc) is 3.15. The summed E-state index contributed by atoms with van der Waals surface area (Å²) in [5.74, 6) is 1.58. The molecule has 6 N–H and O–H groups in total. The highest BCUT2D eigenvalue weighted by Crippen LogP contribution is 2.63. The second kappa shape index (κ2) is 8.11. The maximum absolute atomic E-state index is 9.84. The molecule has 1 spiro atoms. The van der Waals surface area contributed by atoms with Gasteiger partial charge in [0.1, 0.15) is 0 Å². The molecule has 2 bridgehead atoms. The zero-order valence-corrected chi connectivity index (χ0v) is 20.2. The topological polar surface area (TPSA) is 93.5 Å². The van der Waals surface area contributed by atoms with Gasteiger partial charge in [0.2, 0.25) is 0 Å². The third kappa shape index (κ3) is 3.97. The van der Waals surface area contributed by atoms with E-state index in [1.54, 1.807) is 0 Å². The van der Waals surface area contributed by atoms with Gasteiger partial charge in [-0.2, -0.15) is 0 Å². The lowest BCUT2D eigenvalue weighted by molar-refractivity contribution is -0.291. The molecule has 1 unspecified atom stereocenters. The Bertz CT molecular complexity index is 771. The third-order valence-corrected chi connectivity index (χ3v) is 9.99. The molecule has 6 atom stereocenters. The second-order valence-corrected chi connectivity index (χ2v) is 12.6. The van der Waals surface area contributed by atoms with Gasteiger partial charge in [-0.3, -0.25) is 0 Å². The Morgan fingerprint density at radius 2 is 1.97 bits per heavy atom. The van der Waals surface area contributed by atoms with Crippen LogP contribution in [0.25, 0.3) is 0 Å². The van der Waals surface area contributed by atoms with Crippen molar-refractivity contribution in [2.45, 2.75) is 114 Å². The highest BCUT2D eigenvalue weighted by atomic mass is 16.5. The second-order valence-electron chi connectivity index (χ2n) is 12.6. The first-order valence-corrected chi connectivity index (χ1v) is 13.2. The van der Waals surface area contributed by atoms with E-state index in [2.05, 4.69) is 37.5 Å². The van der Waals surface area contributed by atoms with Gasteiger partial charge in [-0.25, -0.2) is 0 Å².